The monoisotopic (exact) mass is 239 g/mol. The van der Waals surface area contributed by atoms with Crippen LogP contribution in [-0.2, 0) is 7.05 Å². The number of pyridine rings is 1. The topological polar surface area (TPSA) is 30.7 Å². The Bertz CT molecular complexity index is 464. The zero-order valence-electron chi connectivity index (χ0n) is 8.44. The molecule has 5 heteroatoms. The second-order valence-corrected chi connectivity index (χ2v) is 4.28. The fraction of sp³-hybridized carbons (Fsp3) is 0.200. The molecule has 3 nitrogen and oxygen atoms in total. The molecular formula is C10H10ClN3S. The maximum absolute atomic E-state index is 5.72. The molecule has 2 aromatic rings. The van der Waals surface area contributed by atoms with Crippen LogP contribution in [0.15, 0.2) is 29.4 Å². The second kappa shape index (κ2) is 4.24. The van der Waals surface area contributed by atoms with Crippen LogP contribution >= 0.6 is 23.4 Å². The number of hydrogen-bond donors (Lipinski definition) is 0. The van der Waals surface area contributed by atoms with Gasteiger partial charge in [0.2, 0.25) is 0 Å². The maximum atomic E-state index is 5.72. The number of nitrogens with zero attached hydrogens (tertiary/aromatic N) is 3. The third-order valence-corrected chi connectivity index (χ3v) is 3.09. The van der Waals surface area contributed by atoms with Crippen molar-refractivity contribution in [2.24, 2.45) is 7.05 Å². The van der Waals surface area contributed by atoms with E-state index in [2.05, 4.69) is 10.1 Å². The Morgan fingerprint density at radius 2 is 2.20 bits per heavy atom. The summed E-state index contributed by atoms with van der Waals surface area (Å²) in [6.45, 7) is 0. The number of hydrogen-bond acceptors (Lipinski definition) is 3. The van der Waals surface area contributed by atoms with Gasteiger partial charge < -0.3 is 0 Å². The Labute approximate surface area is 97.5 Å². The average molecular weight is 240 g/mol. The van der Waals surface area contributed by atoms with Crippen LogP contribution in [0.2, 0.25) is 5.15 Å². The number of aryl methyl sites for hydroxylation is 1. The number of aromatic nitrogens is 3. The van der Waals surface area contributed by atoms with Gasteiger partial charge in [0.25, 0.3) is 0 Å². The van der Waals surface area contributed by atoms with E-state index in [1.807, 2.05) is 30.1 Å². The van der Waals surface area contributed by atoms with Gasteiger partial charge in [0.05, 0.1) is 10.7 Å². The van der Waals surface area contributed by atoms with E-state index in [4.69, 9.17) is 11.6 Å². The molecule has 2 aromatic heterocycles. The van der Waals surface area contributed by atoms with Gasteiger partial charge in [-0.05, 0) is 24.5 Å². The molecule has 2 rings (SSSR count). The van der Waals surface area contributed by atoms with Crippen LogP contribution in [0.25, 0.3) is 11.3 Å². The van der Waals surface area contributed by atoms with Gasteiger partial charge in [-0.1, -0.05) is 11.6 Å². The van der Waals surface area contributed by atoms with Crippen LogP contribution in [0.3, 0.4) is 0 Å². The van der Waals surface area contributed by atoms with E-state index < -0.39 is 0 Å². The first-order valence-electron chi connectivity index (χ1n) is 4.40. The van der Waals surface area contributed by atoms with Crippen molar-refractivity contribution < 1.29 is 0 Å². The van der Waals surface area contributed by atoms with E-state index >= 15 is 0 Å². The summed E-state index contributed by atoms with van der Waals surface area (Å²) < 4.78 is 1.86. The summed E-state index contributed by atoms with van der Waals surface area (Å²) in [5, 5.41) is 6.02. The molecule has 0 saturated heterocycles. The minimum atomic E-state index is 0.500. The highest BCUT2D eigenvalue weighted by molar-refractivity contribution is 7.98. The Morgan fingerprint density at radius 3 is 2.73 bits per heavy atom. The molecule has 0 fully saturated rings. The Morgan fingerprint density at radius 1 is 1.40 bits per heavy atom. The van der Waals surface area contributed by atoms with Gasteiger partial charge in [-0.25, -0.2) is 4.98 Å². The van der Waals surface area contributed by atoms with Crippen LogP contribution in [0.1, 0.15) is 0 Å². The molecule has 15 heavy (non-hydrogen) atoms. The molecule has 0 N–H and O–H groups in total. The lowest BCUT2D eigenvalue weighted by molar-refractivity contribution is 0.702. The van der Waals surface area contributed by atoms with E-state index in [1.165, 1.54) is 0 Å². The van der Waals surface area contributed by atoms with Crippen LogP contribution in [0.5, 0.6) is 0 Å². The molecule has 0 aliphatic carbocycles. The predicted molar refractivity (Wildman–Crippen MR) is 63.2 cm³/mol. The highest BCUT2D eigenvalue weighted by Gasteiger charge is 2.06. The van der Waals surface area contributed by atoms with Crippen molar-refractivity contribution in [3.05, 3.63) is 29.5 Å². The van der Waals surface area contributed by atoms with Crippen LogP contribution in [0.4, 0.5) is 0 Å². The maximum Gasteiger partial charge on any atom is 0.129 e. The third kappa shape index (κ3) is 2.16. The minimum Gasteiger partial charge on any atom is -0.262 e. The van der Waals surface area contributed by atoms with E-state index in [1.54, 1.807) is 24.0 Å². The predicted octanol–water partition coefficient (Wildman–Crippen LogP) is 2.86. The summed E-state index contributed by atoms with van der Waals surface area (Å²) in [4.78, 5) is 4.03. The van der Waals surface area contributed by atoms with E-state index in [-0.39, 0.29) is 0 Å². The molecule has 0 aliphatic rings. The highest BCUT2D eigenvalue weighted by Crippen LogP contribution is 2.23. The molecular weight excluding hydrogens is 230 g/mol. The standard InChI is InChI=1S/C10H10ClN3S/c1-14-10(15-2)5-8(13-14)7-3-4-9(11)12-6-7/h3-6H,1-2H3. The lowest BCUT2D eigenvalue weighted by Crippen LogP contribution is -1.91. The molecule has 0 radical (unpaired) electrons. The van der Waals surface area contributed by atoms with Crippen molar-refractivity contribution in [2.45, 2.75) is 5.03 Å². The minimum absolute atomic E-state index is 0.500. The van der Waals surface area contributed by atoms with Crippen LogP contribution in [0, 0.1) is 0 Å². The van der Waals surface area contributed by atoms with Gasteiger partial charge in [-0.15, -0.1) is 11.8 Å². The van der Waals surface area contributed by atoms with Gasteiger partial charge in [0.15, 0.2) is 0 Å². The van der Waals surface area contributed by atoms with Gasteiger partial charge in [0.1, 0.15) is 5.15 Å². The molecule has 0 bridgehead atoms. The van der Waals surface area contributed by atoms with Gasteiger partial charge in [-0.3, -0.25) is 4.68 Å². The van der Waals surface area contributed by atoms with Crippen molar-refractivity contribution >= 4 is 23.4 Å². The third-order valence-electron chi connectivity index (χ3n) is 2.07. The lowest BCUT2D eigenvalue weighted by atomic mass is 10.2. The molecule has 0 aliphatic heterocycles. The zero-order valence-corrected chi connectivity index (χ0v) is 10.0. The van der Waals surface area contributed by atoms with Crippen molar-refractivity contribution in [1.82, 2.24) is 14.8 Å². The Hall–Kier alpha value is -1.00. The Balaban J connectivity index is 2.41. The molecule has 2 heterocycles. The van der Waals surface area contributed by atoms with Crippen LogP contribution < -0.4 is 0 Å². The molecule has 0 atom stereocenters. The van der Waals surface area contributed by atoms with E-state index in [0.717, 1.165) is 16.3 Å². The first-order chi connectivity index (χ1) is 7.20. The summed E-state index contributed by atoms with van der Waals surface area (Å²) in [5.74, 6) is 0. The number of halogens is 1. The van der Waals surface area contributed by atoms with Gasteiger partial charge in [0, 0.05) is 18.8 Å². The zero-order chi connectivity index (χ0) is 10.8. The van der Waals surface area contributed by atoms with E-state index in [0.29, 0.717) is 5.15 Å². The SMILES string of the molecule is CSc1cc(-c2ccc(Cl)nc2)nn1C. The van der Waals surface area contributed by atoms with E-state index in [9.17, 15) is 0 Å². The smallest absolute Gasteiger partial charge is 0.129 e. The van der Waals surface area contributed by atoms with Gasteiger partial charge in [-0.2, -0.15) is 5.10 Å². The van der Waals surface area contributed by atoms with Crippen molar-refractivity contribution in [3.8, 4) is 11.3 Å². The highest BCUT2D eigenvalue weighted by atomic mass is 35.5. The average Bonchev–Trinajstić information content (AvgIpc) is 2.61. The normalized spacial score (nSPS) is 10.6. The van der Waals surface area contributed by atoms with Crippen molar-refractivity contribution in [1.29, 1.82) is 0 Å². The summed E-state index contributed by atoms with van der Waals surface area (Å²) in [6.07, 6.45) is 3.76. The number of thioether (sulfide) groups is 1. The summed E-state index contributed by atoms with van der Waals surface area (Å²) in [7, 11) is 1.93. The summed E-state index contributed by atoms with van der Waals surface area (Å²) in [5.41, 5.74) is 1.90. The van der Waals surface area contributed by atoms with Crippen molar-refractivity contribution in [3.63, 3.8) is 0 Å². The first kappa shape index (κ1) is 10.5. The molecule has 78 valence electrons. The second-order valence-electron chi connectivity index (χ2n) is 3.07. The molecule has 0 amide bonds. The summed E-state index contributed by atoms with van der Waals surface area (Å²) >= 11 is 7.39. The quantitative estimate of drug-likeness (QED) is 0.597. The van der Waals surface area contributed by atoms with Crippen LogP contribution in [-0.4, -0.2) is 21.0 Å². The van der Waals surface area contributed by atoms with Crippen molar-refractivity contribution in [2.75, 3.05) is 6.26 Å². The van der Waals surface area contributed by atoms with Gasteiger partial charge >= 0.3 is 0 Å². The number of rotatable bonds is 2. The fourth-order valence-electron chi connectivity index (χ4n) is 1.31. The lowest BCUT2D eigenvalue weighted by Gasteiger charge is -1.94. The summed E-state index contributed by atoms with van der Waals surface area (Å²) in [6, 6.07) is 5.72. The fourth-order valence-corrected chi connectivity index (χ4v) is 1.96. The Kier molecular flexibility index (Phi) is 2.98. The molecule has 0 saturated carbocycles. The first-order valence-corrected chi connectivity index (χ1v) is 6.01. The largest absolute Gasteiger partial charge is 0.262 e. The molecule has 0 unspecified atom stereocenters. The molecule has 0 spiro atoms. The molecule has 0 aromatic carbocycles.